The van der Waals surface area contributed by atoms with Crippen molar-refractivity contribution in [1.82, 2.24) is 0 Å². The summed E-state index contributed by atoms with van der Waals surface area (Å²) in [6.45, 7) is 18.4. The van der Waals surface area contributed by atoms with Gasteiger partial charge in [0.25, 0.3) is 0 Å². The minimum Gasteiger partial charge on any atom is -0.462 e. The highest BCUT2D eigenvalue weighted by Gasteiger charge is 2.41. The summed E-state index contributed by atoms with van der Waals surface area (Å²) in [6, 6.07) is 0. The summed E-state index contributed by atoms with van der Waals surface area (Å²) in [6.07, 6.45) is 11.3. The van der Waals surface area contributed by atoms with E-state index in [1.165, 1.54) is 0 Å². The molecule has 34 heavy (non-hydrogen) atoms. The van der Waals surface area contributed by atoms with Crippen molar-refractivity contribution < 1.29 is 19.1 Å². The molecule has 0 aromatic rings. The molecule has 2 rings (SSSR count). The van der Waals surface area contributed by atoms with E-state index < -0.39 is 0 Å². The second-order valence-corrected chi connectivity index (χ2v) is 19.4. The quantitative estimate of drug-likeness (QED) is 0.159. The number of ether oxygens (including phenoxy) is 2. The van der Waals surface area contributed by atoms with Gasteiger partial charge in [0.1, 0.15) is 12.2 Å². The van der Waals surface area contributed by atoms with Gasteiger partial charge >= 0.3 is 11.9 Å². The lowest BCUT2D eigenvalue weighted by Crippen LogP contribution is -2.39. The van der Waals surface area contributed by atoms with Gasteiger partial charge in [0, 0.05) is 12.8 Å². The van der Waals surface area contributed by atoms with Crippen LogP contribution < -0.4 is 0 Å². The summed E-state index contributed by atoms with van der Waals surface area (Å²) < 4.78 is 11.7. The standard InChI is InChI=1S/C28H52O4P2/c1-25(2)17-21(18-26(3,4)33-25)31-23(29)15-13-11-9-10-12-14-16-24(30)32-22-19-27(5,6)34-28(7,8)20-22/h21-22,33-34H,9-20H2,1-8H3. The fourth-order valence-corrected chi connectivity index (χ4v) is 11.3. The molecule has 0 bridgehead atoms. The molecule has 0 aromatic carbocycles. The van der Waals surface area contributed by atoms with Crippen LogP contribution in [0.4, 0.5) is 0 Å². The minimum absolute atomic E-state index is 0.0285. The zero-order chi connectivity index (χ0) is 25.6. The van der Waals surface area contributed by atoms with Crippen LogP contribution >= 0.6 is 17.2 Å². The molecular weight excluding hydrogens is 462 g/mol. The molecule has 0 radical (unpaired) electrons. The summed E-state index contributed by atoms with van der Waals surface area (Å²) in [5, 5.41) is 1.07. The van der Waals surface area contributed by atoms with E-state index >= 15 is 0 Å². The van der Waals surface area contributed by atoms with Crippen molar-refractivity contribution in [2.75, 3.05) is 0 Å². The Kier molecular flexibility index (Phi) is 10.9. The molecule has 2 fully saturated rings. The van der Waals surface area contributed by atoms with Crippen molar-refractivity contribution in [3.8, 4) is 0 Å². The van der Waals surface area contributed by atoms with Crippen LogP contribution in [-0.4, -0.2) is 44.8 Å². The topological polar surface area (TPSA) is 52.6 Å². The summed E-state index contributed by atoms with van der Waals surface area (Å²) in [4.78, 5) is 24.6. The number of carbonyl (C=O) groups is 2. The van der Waals surface area contributed by atoms with Gasteiger partial charge in [0.05, 0.1) is 0 Å². The van der Waals surface area contributed by atoms with Gasteiger partial charge < -0.3 is 9.47 Å². The normalized spacial score (nSPS) is 28.5. The van der Waals surface area contributed by atoms with E-state index in [1.807, 2.05) is 0 Å². The Morgan fingerprint density at radius 2 is 0.824 bits per heavy atom. The lowest BCUT2D eigenvalue weighted by molar-refractivity contribution is -0.151. The van der Waals surface area contributed by atoms with Crippen molar-refractivity contribution in [1.29, 1.82) is 0 Å². The molecule has 0 N–H and O–H groups in total. The Morgan fingerprint density at radius 1 is 0.559 bits per heavy atom. The van der Waals surface area contributed by atoms with Crippen molar-refractivity contribution in [2.45, 2.75) is 165 Å². The average molecular weight is 515 g/mol. The number of carbonyl (C=O) groups excluding carboxylic acids is 2. The summed E-state index contributed by atoms with van der Waals surface area (Å²) in [5.41, 5.74) is 0. The first kappa shape index (κ1) is 30.0. The second-order valence-electron chi connectivity index (χ2n) is 13.4. The van der Waals surface area contributed by atoms with Crippen LogP contribution in [0.3, 0.4) is 0 Å². The smallest absolute Gasteiger partial charge is 0.306 e. The number of hydrogen-bond donors (Lipinski definition) is 0. The summed E-state index contributed by atoms with van der Waals surface area (Å²) >= 11 is 0. The molecule has 0 amide bonds. The van der Waals surface area contributed by atoms with E-state index in [4.69, 9.17) is 9.47 Å². The molecule has 0 aromatic heterocycles. The molecule has 6 heteroatoms. The molecule has 2 aliphatic rings. The van der Waals surface area contributed by atoms with Crippen molar-refractivity contribution in [3.63, 3.8) is 0 Å². The van der Waals surface area contributed by atoms with Crippen LogP contribution in [0, 0.1) is 0 Å². The molecule has 2 saturated heterocycles. The largest absolute Gasteiger partial charge is 0.462 e. The van der Waals surface area contributed by atoms with E-state index in [0.717, 1.165) is 81.4 Å². The molecule has 0 saturated carbocycles. The van der Waals surface area contributed by atoms with E-state index in [9.17, 15) is 9.59 Å². The Balaban J connectivity index is 1.51. The monoisotopic (exact) mass is 514 g/mol. The minimum atomic E-state index is -0.0285. The van der Waals surface area contributed by atoms with E-state index in [-0.39, 0.29) is 44.8 Å². The van der Waals surface area contributed by atoms with Crippen LogP contribution in [0.15, 0.2) is 0 Å². The van der Waals surface area contributed by atoms with Gasteiger partial charge in [-0.05, 0) is 59.1 Å². The predicted octanol–water partition coefficient (Wildman–Crippen LogP) is 7.99. The average Bonchev–Trinajstić information content (AvgIpc) is 2.58. The number of hydrogen-bond acceptors (Lipinski definition) is 4. The zero-order valence-corrected chi connectivity index (χ0v) is 25.3. The number of esters is 2. The van der Waals surface area contributed by atoms with E-state index in [1.54, 1.807) is 0 Å². The van der Waals surface area contributed by atoms with E-state index in [2.05, 4.69) is 55.4 Å². The molecule has 198 valence electrons. The van der Waals surface area contributed by atoms with Crippen molar-refractivity contribution >= 4 is 29.1 Å². The predicted molar refractivity (Wildman–Crippen MR) is 148 cm³/mol. The van der Waals surface area contributed by atoms with Crippen LogP contribution in [-0.2, 0) is 19.1 Å². The highest BCUT2D eigenvalue weighted by Crippen LogP contribution is 2.54. The maximum atomic E-state index is 12.3. The fraction of sp³-hybridized carbons (Fsp3) is 0.929. The molecule has 4 nitrogen and oxygen atoms in total. The molecule has 0 aliphatic carbocycles. The molecular formula is C28H52O4P2. The van der Waals surface area contributed by atoms with Gasteiger partial charge in [-0.2, -0.15) is 0 Å². The summed E-state index contributed by atoms with van der Waals surface area (Å²) in [7, 11) is 1.82. The first-order valence-corrected chi connectivity index (χ1v) is 15.5. The van der Waals surface area contributed by atoms with Crippen LogP contribution in [0.5, 0.6) is 0 Å². The maximum Gasteiger partial charge on any atom is 0.306 e. The van der Waals surface area contributed by atoms with Gasteiger partial charge in [0.15, 0.2) is 0 Å². The van der Waals surface area contributed by atoms with Gasteiger partial charge in [-0.25, -0.2) is 0 Å². The first-order valence-electron chi connectivity index (χ1n) is 13.5. The Hall–Kier alpha value is -0.200. The van der Waals surface area contributed by atoms with Gasteiger partial charge in [-0.15, -0.1) is 17.2 Å². The zero-order valence-electron chi connectivity index (χ0n) is 23.3. The maximum absolute atomic E-state index is 12.3. The third-order valence-electron chi connectivity index (χ3n) is 6.91. The lowest BCUT2D eigenvalue weighted by atomic mass is 9.95. The van der Waals surface area contributed by atoms with Crippen molar-refractivity contribution in [3.05, 3.63) is 0 Å². The molecule has 0 atom stereocenters. The summed E-state index contributed by atoms with van der Waals surface area (Å²) in [5.74, 6) is -0.0571. The van der Waals surface area contributed by atoms with Gasteiger partial charge in [-0.1, -0.05) is 81.1 Å². The second kappa shape index (κ2) is 12.4. The third kappa shape index (κ3) is 11.7. The molecule has 0 spiro atoms. The molecule has 2 heterocycles. The Labute approximate surface area is 213 Å². The number of unbranched alkanes of at least 4 members (excludes halogenated alkanes) is 5. The van der Waals surface area contributed by atoms with Gasteiger partial charge in [-0.3, -0.25) is 9.59 Å². The van der Waals surface area contributed by atoms with E-state index in [0.29, 0.717) is 12.8 Å². The van der Waals surface area contributed by atoms with Crippen LogP contribution in [0.25, 0.3) is 0 Å². The van der Waals surface area contributed by atoms with Crippen LogP contribution in [0.1, 0.15) is 132 Å². The van der Waals surface area contributed by atoms with Crippen molar-refractivity contribution in [2.24, 2.45) is 0 Å². The molecule has 2 aliphatic heterocycles. The highest BCUT2D eigenvalue weighted by molar-refractivity contribution is 7.42. The van der Waals surface area contributed by atoms with Crippen LogP contribution in [0.2, 0.25) is 0 Å². The first-order chi connectivity index (χ1) is 15.6. The fourth-order valence-electron chi connectivity index (χ4n) is 6.36. The third-order valence-corrected chi connectivity index (χ3v) is 10.4. The SMILES string of the molecule is CC1(C)CC(OC(=O)CCCCCCCCC(=O)OC2CC(C)(C)PC(C)(C)C2)CC(C)(C)P1. The van der Waals surface area contributed by atoms with Gasteiger partial charge in [0.2, 0.25) is 0 Å². The number of rotatable bonds is 11. The lowest BCUT2D eigenvalue weighted by Gasteiger charge is -2.44. The highest BCUT2D eigenvalue weighted by atomic mass is 31.1. The Morgan fingerprint density at radius 3 is 1.12 bits per heavy atom. The Bertz CT molecular complexity index is 594. The molecule has 0 unspecified atom stereocenters.